The number of nitrogens with two attached hydrogens (primary N) is 1. The van der Waals surface area contributed by atoms with Gasteiger partial charge in [-0.2, -0.15) is 5.26 Å². The van der Waals surface area contributed by atoms with Crippen LogP contribution in [0.2, 0.25) is 0 Å². The van der Waals surface area contributed by atoms with Gasteiger partial charge in [-0.3, -0.25) is 4.98 Å². The van der Waals surface area contributed by atoms with Crippen LogP contribution in [0, 0.1) is 11.3 Å². The lowest BCUT2D eigenvalue weighted by atomic mass is 9.80. The minimum absolute atomic E-state index is 0.0373. The van der Waals surface area contributed by atoms with Gasteiger partial charge in [0.2, 0.25) is 0 Å². The van der Waals surface area contributed by atoms with Crippen LogP contribution in [0.5, 0.6) is 0 Å². The monoisotopic (exact) mass is 382 g/mol. The van der Waals surface area contributed by atoms with Gasteiger partial charge in [-0.05, 0) is 30.2 Å². The fourth-order valence-corrected chi connectivity index (χ4v) is 3.76. The molecule has 0 aliphatic carbocycles. The zero-order valence-electron chi connectivity index (χ0n) is 15.7. The van der Waals surface area contributed by atoms with Crippen molar-refractivity contribution in [3.05, 3.63) is 89.0 Å². The van der Waals surface area contributed by atoms with Crippen LogP contribution in [0.3, 0.4) is 0 Å². The lowest BCUT2D eigenvalue weighted by molar-refractivity contribution is -0.133. The standard InChI is InChI=1S/C23H18N4O2/c1-13-18(11-24)20(21(23(28)29)22(25)27-13)16-8-5-9-19-17(16)10-15(12-26-19)14-6-3-2-4-7-14/h2-10,12,20,27H,25H2,1H3,(H,28,29)/t20-/m1/s1. The first-order chi connectivity index (χ1) is 14.0. The van der Waals surface area contributed by atoms with Crippen molar-refractivity contribution in [2.45, 2.75) is 12.8 Å². The summed E-state index contributed by atoms with van der Waals surface area (Å²) in [6.07, 6.45) is 1.79. The number of pyridine rings is 1. The molecular formula is C23H18N4O2. The van der Waals surface area contributed by atoms with Gasteiger partial charge in [0.15, 0.2) is 0 Å². The van der Waals surface area contributed by atoms with E-state index in [0.717, 1.165) is 22.0 Å². The summed E-state index contributed by atoms with van der Waals surface area (Å²) in [5.74, 6) is -1.90. The number of fused-ring (bicyclic) bond motifs is 1. The molecule has 0 bridgehead atoms. The van der Waals surface area contributed by atoms with E-state index in [4.69, 9.17) is 5.73 Å². The van der Waals surface area contributed by atoms with Gasteiger partial charge in [-0.15, -0.1) is 0 Å². The van der Waals surface area contributed by atoms with Crippen molar-refractivity contribution in [1.82, 2.24) is 10.3 Å². The third-order valence-corrected chi connectivity index (χ3v) is 5.12. The highest BCUT2D eigenvalue weighted by Crippen LogP contribution is 2.40. The fourth-order valence-electron chi connectivity index (χ4n) is 3.76. The summed E-state index contributed by atoms with van der Waals surface area (Å²) < 4.78 is 0. The van der Waals surface area contributed by atoms with Gasteiger partial charge in [-0.1, -0.05) is 42.5 Å². The van der Waals surface area contributed by atoms with Crippen LogP contribution in [0.25, 0.3) is 22.0 Å². The van der Waals surface area contributed by atoms with Crippen molar-refractivity contribution in [3.63, 3.8) is 0 Å². The van der Waals surface area contributed by atoms with Crippen LogP contribution in [-0.4, -0.2) is 16.1 Å². The molecule has 4 N–H and O–H groups in total. The number of carboxylic acids is 1. The molecule has 0 saturated carbocycles. The molecule has 2 heterocycles. The van der Waals surface area contributed by atoms with E-state index in [2.05, 4.69) is 16.4 Å². The Hall–Kier alpha value is -4.11. The average Bonchev–Trinajstić information content (AvgIpc) is 2.72. The van der Waals surface area contributed by atoms with Gasteiger partial charge < -0.3 is 16.2 Å². The number of hydrogen-bond donors (Lipinski definition) is 3. The zero-order chi connectivity index (χ0) is 20.5. The third-order valence-electron chi connectivity index (χ3n) is 5.12. The number of carbonyl (C=O) groups is 1. The van der Waals surface area contributed by atoms with E-state index in [0.29, 0.717) is 16.8 Å². The predicted octanol–water partition coefficient (Wildman–Crippen LogP) is 3.64. The molecule has 3 aromatic rings. The molecule has 1 aliphatic rings. The normalized spacial score (nSPS) is 16.5. The van der Waals surface area contributed by atoms with Gasteiger partial charge in [0.05, 0.1) is 28.7 Å². The van der Waals surface area contributed by atoms with Crippen LogP contribution >= 0.6 is 0 Å². The Morgan fingerprint density at radius 2 is 1.93 bits per heavy atom. The molecule has 142 valence electrons. The number of aliphatic carboxylic acids is 1. The van der Waals surface area contributed by atoms with Crippen molar-refractivity contribution < 1.29 is 9.90 Å². The Morgan fingerprint density at radius 1 is 1.17 bits per heavy atom. The minimum atomic E-state index is -1.16. The van der Waals surface area contributed by atoms with Gasteiger partial charge in [0.25, 0.3) is 0 Å². The van der Waals surface area contributed by atoms with Crippen LogP contribution in [0.4, 0.5) is 0 Å². The number of nitrogens with zero attached hydrogens (tertiary/aromatic N) is 2. The SMILES string of the molecule is CC1=C(C#N)[C@@H](c2cccc3ncc(-c4ccccc4)cc23)C(C(=O)O)=C(N)N1. The molecule has 0 unspecified atom stereocenters. The highest BCUT2D eigenvalue weighted by atomic mass is 16.4. The number of aromatic nitrogens is 1. The molecule has 0 amide bonds. The van der Waals surface area contributed by atoms with Gasteiger partial charge in [-0.25, -0.2) is 4.79 Å². The number of benzene rings is 2. The molecule has 6 heteroatoms. The molecule has 4 rings (SSSR count). The van der Waals surface area contributed by atoms with Crippen LogP contribution in [0.1, 0.15) is 18.4 Å². The summed E-state index contributed by atoms with van der Waals surface area (Å²) in [7, 11) is 0. The molecule has 0 radical (unpaired) electrons. The van der Waals surface area contributed by atoms with Crippen molar-refractivity contribution in [2.24, 2.45) is 5.73 Å². The largest absolute Gasteiger partial charge is 0.478 e. The Morgan fingerprint density at radius 3 is 2.62 bits per heavy atom. The molecular weight excluding hydrogens is 364 g/mol. The second-order valence-corrected chi connectivity index (χ2v) is 6.84. The number of hydrogen-bond acceptors (Lipinski definition) is 5. The van der Waals surface area contributed by atoms with E-state index in [-0.39, 0.29) is 11.4 Å². The smallest absolute Gasteiger partial charge is 0.336 e. The van der Waals surface area contributed by atoms with Gasteiger partial charge in [0, 0.05) is 22.8 Å². The quantitative estimate of drug-likeness (QED) is 0.637. The Kier molecular flexibility index (Phi) is 4.49. The number of nitriles is 1. The third kappa shape index (κ3) is 3.09. The summed E-state index contributed by atoms with van der Waals surface area (Å²) in [5.41, 5.74) is 10.2. The highest BCUT2D eigenvalue weighted by molar-refractivity contribution is 5.95. The van der Waals surface area contributed by atoms with Crippen molar-refractivity contribution in [1.29, 1.82) is 5.26 Å². The first-order valence-electron chi connectivity index (χ1n) is 9.06. The number of dihydropyridines is 1. The molecule has 2 aromatic carbocycles. The van der Waals surface area contributed by atoms with Crippen molar-refractivity contribution in [3.8, 4) is 17.2 Å². The first-order valence-corrected chi connectivity index (χ1v) is 9.06. The summed E-state index contributed by atoms with van der Waals surface area (Å²) in [6.45, 7) is 1.72. The average molecular weight is 382 g/mol. The van der Waals surface area contributed by atoms with E-state index in [1.54, 1.807) is 13.1 Å². The maximum Gasteiger partial charge on any atom is 0.336 e. The minimum Gasteiger partial charge on any atom is -0.478 e. The molecule has 0 fully saturated rings. The topological polar surface area (TPSA) is 112 Å². The van der Waals surface area contributed by atoms with E-state index < -0.39 is 11.9 Å². The zero-order valence-corrected chi connectivity index (χ0v) is 15.7. The molecule has 1 aromatic heterocycles. The molecule has 1 aliphatic heterocycles. The second kappa shape index (κ2) is 7.13. The van der Waals surface area contributed by atoms with Gasteiger partial charge >= 0.3 is 5.97 Å². The number of carboxylic acid groups (broad SMARTS) is 1. The molecule has 29 heavy (non-hydrogen) atoms. The molecule has 6 nitrogen and oxygen atoms in total. The van der Waals surface area contributed by atoms with Crippen molar-refractivity contribution >= 4 is 16.9 Å². The molecule has 0 saturated heterocycles. The summed E-state index contributed by atoms with van der Waals surface area (Å²) in [5, 5.41) is 23.2. The maximum atomic E-state index is 12.0. The summed E-state index contributed by atoms with van der Waals surface area (Å²) in [4.78, 5) is 16.6. The maximum absolute atomic E-state index is 12.0. The Balaban J connectivity index is 2.00. The number of rotatable bonds is 3. The number of nitrogens with one attached hydrogen (secondary N) is 1. The van der Waals surface area contributed by atoms with Crippen LogP contribution < -0.4 is 11.1 Å². The van der Waals surface area contributed by atoms with Crippen molar-refractivity contribution in [2.75, 3.05) is 0 Å². The highest BCUT2D eigenvalue weighted by Gasteiger charge is 2.34. The lowest BCUT2D eigenvalue weighted by Crippen LogP contribution is -2.32. The predicted molar refractivity (Wildman–Crippen MR) is 110 cm³/mol. The lowest BCUT2D eigenvalue weighted by Gasteiger charge is -2.27. The van der Waals surface area contributed by atoms with E-state index in [9.17, 15) is 15.2 Å². The molecule has 0 spiro atoms. The summed E-state index contributed by atoms with van der Waals surface area (Å²) in [6, 6.07) is 19.5. The van der Waals surface area contributed by atoms with Gasteiger partial charge in [0.1, 0.15) is 5.82 Å². The Bertz CT molecular complexity index is 1240. The van der Waals surface area contributed by atoms with E-state index in [1.165, 1.54) is 0 Å². The van der Waals surface area contributed by atoms with E-state index >= 15 is 0 Å². The summed E-state index contributed by atoms with van der Waals surface area (Å²) >= 11 is 0. The van der Waals surface area contributed by atoms with Crippen LogP contribution in [-0.2, 0) is 4.79 Å². The second-order valence-electron chi connectivity index (χ2n) is 6.84. The Labute approximate surface area is 167 Å². The number of allylic oxidation sites excluding steroid dienone is 2. The first kappa shape index (κ1) is 18.3. The molecule has 1 atom stereocenters. The van der Waals surface area contributed by atoms with Crippen LogP contribution in [0.15, 0.2) is 83.5 Å². The van der Waals surface area contributed by atoms with E-state index in [1.807, 2.05) is 54.6 Å². The fraction of sp³-hybridized carbons (Fsp3) is 0.0870.